The lowest BCUT2D eigenvalue weighted by Gasteiger charge is -2.19. The molecule has 10 heteroatoms. The lowest BCUT2D eigenvalue weighted by molar-refractivity contribution is -0.0292. The minimum Gasteiger partial charge on any atom is -0.383 e. The quantitative estimate of drug-likeness (QED) is 0.788. The Morgan fingerprint density at radius 3 is 2.68 bits per heavy atom. The van der Waals surface area contributed by atoms with Crippen LogP contribution >= 0.6 is 11.6 Å². The van der Waals surface area contributed by atoms with Crippen LogP contribution in [0.25, 0.3) is 11.1 Å². The molecule has 2 aliphatic rings. The van der Waals surface area contributed by atoms with Gasteiger partial charge in [0.1, 0.15) is 18.0 Å². The molecule has 5 atom stereocenters. The van der Waals surface area contributed by atoms with Gasteiger partial charge in [-0.3, -0.25) is 12.9 Å². The van der Waals surface area contributed by atoms with Gasteiger partial charge in [0.05, 0.1) is 5.88 Å². The number of nitrogens with two attached hydrogens (primary N) is 1. The maximum atomic E-state index is 12.4. The third kappa shape index (κ3) is 2.87. The second-order valence-corrected chi connectivity index (χ2v) is 6.74. The molecule has 0 spiro atoms. The third-order valence-electron chi connectivity index (χ3n) is 4.16. The summed E-state index contributed by atoms with van der Waals surface area (Å²) in [6.45, 7) is 0. The number of fused-ring (bicyclic) bond motifs is 1. The fourth-order valence-electron chi connectivity index (χ4n) is 2.98. The number of benzene rings is 1. The molecule has 1 unspecified atom stereocenters. The molecule has 8 nitrogen and oxygen atoms in total. The van der Waals surface area contributed by atoms with Gasteiger partial charge in [0.25, 0.3) is 0 Å². The first-order valence-corrected chi connectivity index (χ1v) is 9.03. The Hall–Kier alpha value is -1.78. The van der Waals surface area contributed by atoms with Crippen LogP contribution in [0.5, 0.6) is 0 Å². The minimum absolute atomic E-state index is 0.112. The van der Waals surface area contributed by atoms with E-state index in [-0.39, 0.29) is 11.7 Å². The number of hydrogen-bond donors (Lipinski definition) is 1. The number of halogens is 1. The summed E-state index contributed by atoms with van der Waals surface area (Å²) in [5, 5.41) is 0. The van der Waals surface area contributed by atoms with Crippen molar-refractivity contribution >= 4 is 28.8 Å². The van der Waals surface area contributed by atoms with Gasteiger partial charge in [0.2, 0.25) is 0 Å². The molecule has 1 aromatic carbocycles. The molecule has 2 fully saturated rings. The largest absolute Gasteiger partial charge is 0.383 e. The highest BCUT2D eigenvalue weighted by atomic mass is 35.5. The second kappa shape index (κ2) is 6.50. The van der Waals surface area contributed by atoms with E-state index in [0.717, 1.165) is 5.56 Å². The monoisotopic (exact) mass is 383 g/mol. The Morgan fingerprint density at radius 2 is 1.96 bits per heavy atom. The molecule has 0 amide bonds. The molecule has 2 N–H and O–H groups in total. The molecular weight excluding hydrogens is 370 g/mol. The highest BCUT2D eigenvalue weighted by Crippen LogP contribution is 2.39. The number of nitrogens with zero attached hydrogens (tertiary/aromatic N) is 2. The summed E-state index contributed by atoms with van der Waals surface area (Å²) in [6, 6.07) is 9.29. The molecule has 3 heterocycles. The van der Waals surface area contributed by atoms with Crippen molar-refractivity contribution in [1.82, 2.24) is 9.55 Å². The van der Waals surface area contributed by atoms with Crippen molar-refractivity contribution < 1.29 is 17.3 Å². The summed E-state index contributed by atoms with van der Waals surface area (Å²) in [7, 11) is 0. The zero-order chi connectivity index (χ0) is 17.6. The Bertz CT molecular complexity index is 877. The molecular formula is C15H14ClN3O5S. The number of aromatic nitrogens is 2. The maximum absolute atomic E-state index is 12.4. The molecule has 0 aliphatic carbocycles. The standard InChI is InChI=1S/C15H14ClN3O5S/c16-6-10-11-12(24-25(21)23-11)14(22-10)19-7-9(13(17)18-15(19)20)8-4-2-1-3-5-8/h1-5,7,10-12,14H,6H2,(H2,17,18,20)/t10-,11-,12-,14-,25?/m1/s1. The van der Waals surface area contributed by atoms with Gasteiger partial charge < -0.3 is 10.5 Å². The Kier molecular flexibility index (Phi) is 4.34. The van der Waals surface area contributed by atoms with E-state index in [9.17, 15) is 9.00 Å². The molecule has 132 valence electrons. The van der Waals surface area contributed by atoms with E-state index < -0.39 is 41.6 Å². The summed E-state index contributed by atoms with van der Waals surface area (Å²) in [5.41, 5.74) is 6.69. The van der Waals surface area contributed by atoms with Gasteiger partial charge in [-0.25, -0.2) is 4.79 Å². The van der Waals surface area contributed by atoms with E-state index in [2.05, 4.69) is 4.98 Å². The van der Waals surface area contributed by atoms with Gasteiger partial charge in [0, 0.05) is 11.8 Å². The van der Waals surface area contributed by atoms with E-state index in [1.807, 2.05) is 30.3 Å². The first-order chi connectivity index (χ1) is 12.1. The lowest BCUT2D eigenvalue weighted by Crippen LogP contribution is -2.34. The highest BCUT2D eigenvalue weighted by molar-refractivity contribution is 7.75. The van der Waals surface area contributed by atoms with Crippen molar-refractivity contribution in [2.45, 2.75) is 24.5 Å². The molecule has 25 heavy (non-hydrogen) atoms. The number of hydrogen-bond acceptors (Lipinski definition) is 7. The maximum Gasteiger partial charge on any atom is 0.351 e. The van der Waals surface area contributed by atoms with Crippen molar-refractivity contribution in [3.8, 4) is 11.1 Å². The average molecular weight is 384 g/mol. The van der Waals surface area contributed by atoms with E-state index >= 15 is 0 Å². The summed E-state index contributed by atoms with van der Waals surface area (Å²) in [6.07, 6.45) is -1.19. The first kappa shape index (κ1) is 16.7. The fourth-order valence-corrected chi connectivity index (χ4v) is 4.08. The zero-order valence-corrected chi connectivity index (χ0v) is 14.4. The molecule has 2 aliphatic heterocycles. The van der Waals surface area contributed by atoms with Gasteiger partial charge in [-0.15, -0.1) is 11.6 Å². The van der Waals surface area contributed by atoms with Crippen molar-refractivity contribution in [1.29, 1.82) is 0 Å². The highest BCUT2D eigenvalue weighted by Gasteiger charge is 2.53. The summed E-state index contributed by atoms with van der Waals surface area (Å²) >= 11 is 3.98. The summed E-state index contributed by atoms with van der Waals surface area (Å²) in [4.78, 5) is 16.2. The molecule has 2 saturated heterocycles. The van der Waals surface area contributed by atoms with Gasteiger partial charge in [-0.2, -0.15) is 9.19 Å². The molecule has 0 saturated carbocycles. The Labute approximate surface area is 150 Å². The zero-order valence-electron chi connectivity index (χ0n) is 12.8. The topological polar surface area (TPSA) is 106 Å². The van der Waals surface area contributed by atoms with Crippen LogP contribution in [-0.2, 0) is 24.5 Å². The van der Waals surface area contributed by atoms with Crippen LogP contribution in [0, 0.1) is 0 Å². The van der Waals surface area contributed by atoms with Crippen LogP contribution < -0.4 is 11.4 Å². The number of nitrogen functional groups attached to an aromatic ring is 1. The van der Waals surface area contributed by atoms with Crippen LogP contribution in [0.4, 0.5) is 5.82 Å². The summed E-state index contributed by atoms with van der Waals surface area (Å²) in [5.74, 6) is 0.226. The number of anilines is 1. The van der Waals surface area contributed by atoms with Crippen molar-refractivity contribution in [3.63, 3.8) is 0 Å². The Morgan fingerprint density at radius 1 is 1.24 bits per heavy atom. The van der Waals surface area contributed by atoms with Crippen LogP contribution in [-0.4, -0.2) is 38.0 Å². The SMILES string of the molecule is Nc1nc(=O)n([C@@H]2O[C@H](CCl)[C@H]3OS(=O)O[C@H]32)cc1-c1ccccc1. The van der Waals surface area contributed by atoms with Crippen molar-refractivity contribution in [2.75, 3.05) is 11.6 Å². The third-order valence-corrected chi connectivity index (χ3v) is 5.22. The second-order valence-electron chi connectivity index (χ2n) is 5.64. The van der Waals surface area contributed by atoms with Gasteiger partial charge in [-0.05, 0) is 5.56 Å². The van der Waals surface area contributed by atoms with Crippen LogP contribution in [0.2, 0.25) is 0 Å². The van der Waals surface area contributed by atoms with Gasteiger partial charge in [-0.1, -0.05) is 30.3 Å². The number of alkyl halides is 1. The van der Waals surface area contributed by atoms with Crippen molar-refractivity contribution in [3.05, 3.63) is 47.0 Å². The summed E-state index contributed by atoms with van der Waals surface area (Å²) < 4.78 is 29.1. The van der Waals surface area contributed by atoms with E-state index in [4.69, 9.17) is 30.4 Å². The van der Waals surface area contributed by atoms with Crippen LogP contribution in [0.15, 0.2) is 41.3 Å². The van der Waals surface area contributed by atoms with Crippen LogP contribution in [0.1, 0.15) is 6.23 Å². The smallest absolute Gasteiger partial charge is 0.351 e. The predicted molar refractivity (Wildman–Crippen MR) is 90.9 cm³/mol. The fraction of sp³-hybridized carbons (Fsp3) is 0.333. The number of rotatable bonds is 3. The molecule has 4 rings (SSSR count). The van der Waals surface area contributed by atoms with Gasteiger partial charge >= 0.3 is 17.1 Å². The minimum atomic E-state index is -1.90. The van der Waals surface area contributed by atoms with E-state index in [1.54, 1.807) is 6.20 Å². The molecule has 2 aromatic rings. The Balaban J connectivity index is 1.78. The normalized spacial score (nSPS) is 31.2. The lowest BCUT2D eigenvalue weighted by atomic mass is 10.1. The predicted octanol–water partition coefficient (Wildman–Crippen LogP) is 0.991. The van der Waals surface area contributed by atoms with Gasteiger partial charge in [0.15, 0.2) is 12.3 Å². The van der Waals surface area contributed by atoms with E-state index in [1.165, 1.54) is 4.57 Å². The number of ether oxygens (including phenoxy) is 1. The van der Waals surface area contributed by atoms with E-state index in [0.29, 0.717) is 5.56 Å². The molecule has 0 bridgehead atoms. The molecule has 0 radical (unpaired) electrons. The van der Waals surface area contributed by atoms with Crippen LogP contribution in [0.3, 0.4) is 0 Å². The van der Waals surface area contributed by atoms with Crippen molar-refractivity contribution in [2.24, 2.45) is 0 Å². The molecule has 1 aromatic heterocycles. The average Bonchev–Trinajstić information content (AvgIpc) is 3.13. The first-order valence-electron chi connectivity index (χ1n) is 7.50.